The zero-order chi connectivity index (χ0) is 14.3. The number of hydrogen-bond acceptors (Lipinski definition) is 4. The number of nitrogens with zero attached hydrogens (tertiary/aromatic N) is 1. The van der Waals surface area contributed by atoms with Gasteiger partial charge in [-0.25, -0.2) is 9.59 Å². The van der Waals surface area contributed by atoms with Gasteiger partial charge in [0.05, 0.1) is 0 Å². The number of carboxylic acid groups (broad SMARTS) is 1. The van der Waals surface area contributed by atoms with Crippen LogP contribution in [-0.2, 0) is 9.59 Å². The molecule has 0 saturated carbocycles. The average Bonchev–Trinajstić information content (AvgIpc) is 2.27. The minimum absolute atomic E-state index is 0.00216. The van der Waals surface area contributed by atoms with Crippen LogP contribution in [0.15, 0.2) is 0 Å². The van der Waals surface area contributed by atoms with E-state index in [0.717, 1.165) is 0 Å². The van der Waals surface area contributed by atoms with E-state index in [1.54, 1.807) is 14.1 Å². The molecular weight excluding hydrogens is 242 g/mol. The van der Waals surface area contributed by atoms with E-state index in [2.05, 4.69) is 10.6 Å². The molecule has 4 N–H and O–H groups in total. The molecule has 1 unspecified atom stereocenters. The molecule has 3 amide bonds. The Morgan fingerprint density at radius 3 is 2.28 bits per heavy atom. The van der Waals surface area contributed by atoms with Crippen molar-refractivity contribution in [3.05, 3.63) is 0 Å². The third kappa shape index (κ3) is 6.04. The van der Waals surface area contributed by atoms with Crippen LogP contribution in [0.5, 0.6) is 0 Å². The molecule has 8 heteroatoms. The lowest BCUT2D eigenvalue weighted by atomic mass is 10.2. The summed E-state index contributed by atoms with van der Waals surface area (Å²) in [6, 6.07) is -1.26. The quantitative estimate of drug-likeness (QED) is 0.469. The Kier molecular flexibility index (Phi) is 6.73. The van der Waals surface area contributed by atoms with Crippen LogP contribution in [0.3, 0.4) is 0 Å². The van der Waals surface area contributed by atoms with Crippen LogP contribution in [0.2, 0.25) is 0 Å². The van der Waals surface area contributed by atoms with Crippen LogP contribution in [0, 0.1) is 0 Å². The first-order chi connectivity index (χ1) is 8.25. The molecule has 0 bridgehead atoms. The van der Waals surface area contributed by atoms with Crippen LogP contribution in [-0.4, -0.2) is 65.8 Å². The highest BCUT2D eigenvalue weighted by Crippen LogP contribution is 1.91. The van der Waals surface area contributed by atoms with Crippen molar-refractivity contribution in [2.75, 3.05) is 20.6 Å². The van der Waals surface area contributed by atoms with E-state index in [1.165, 1.54) is 11.8 Å². The number of aliphatic carboxylic acids is 1. The molecule has 0 fully saturated rings. The standard InChI is InChI=1S/C10H19N3O5/c1-6(8(15)13(2)3)12-10(18)11-5-4-7(14)9(16)17/h6-7,14H,4-5H2,1-3H3,(H,16,17)(H2,11,12,18)/t6?,7-/m0/s1. The molecule has 0 aliphatic rings. The third-order valence-electron chi connectivity index (χ3n) is 2.15. The number of hydrogen-bond donors (Lipinski definition) is 4. The van der Waals surface area contributed by atoms with Gasteiger partial charge in [-0.15, -0.1) is 0 Å². The second-order valence-electron chi connectivity index (χ2n) is 4.00. The molecule has 8 nitrogen and oxygen atoms in total. The summed E-state index contributed by atoms with van der Waals surface area (Å²) in [7, 11) is 3.14. The van der Waals surface area contributed by atoms with E-state index in [4.69, 9.17) is 10.2 Å². The van der Waals surface area contributed by atoms with Gasteiger partial charge in [-0.3, -0.25) is 4.79 Å². The average molecular weight is 261 g/mol. The predicted octanol–water partition coefficient (Wildman–Crippen LogP) is -1.40. The number of likely N-dealkylation sites (N-methyl/N-ethyl adjacent to an activating group) is 1. The second kappa shape index (κ2) is 7.49. The Hall–Kier alpha value is -1.83. The van der Waals surface area contributed by atoms with Crippen LogP contribution in [0.1, 0.15) is 13.3 Å². The predicted molar refractivity (Wildman–Crippen MR) is 63.0 cm³/mol. The highest BCUT2D eigenvalue weighted by atomic mass is 16.4. The number of carbonyl (C=O) groups is 3. The summed E-state index contributed by atoms with van der Waals surface area (Å²) in [6.07, 6.45) is -1.61. The number of carboxylic acids is 1. The number of nitrogens with one attached hydrogen (secondary N) is 2. The summed E-state index contributed by atoms with van der Waals surface area (Å²) in [5.41, 5.74) is 0. The Balaban J connectivity index is 3.91. The van der Waals surface area contributed by atoms with Gasteiger partial charge in [0.15, 0.2) is 6.10 Å². The molecule has 0 heterocycles. The molecule has 0 aliphatic carbocycles. The maximum Gasteiger partial charge on any atom is 0.332 e. The lowest BCUT2D eigenvalue weighted by molar-refractivity contribution is -0.146. The molecule has 0 aromatic rings. The molecule has 0 aromatic carbocycles. The molecule has 0 radical (unpaired) electrons. The normalized spacial score (nSPS) is 13.3. The molecule has 0 spiro atoms. The van der Waals surface area contributed by atoms with Gasteiger partial charge in [0.25, 0.3) is 0 Å². The Labute approximate surface area is 105 Å². The van der Waals surface area contributed by atoms with Crippen molar-refractivity contribution in [1.82, 2.24) is 15.5 Å². The summed E-state index contributed by atoms with van der Waals surface area (Å²) >= 11 is 0. The topological polar surface area (TPSA) is 119 Å². The fraction of sp³-hybridized carbons (Fsp3) is 0.700. The molecule has 18 heavy (non-hydrogen) atoms. The van der Waals surface area contributed by atoms with Gasteiger partial charge < -0.3 is 25.7 Å². The number of rotatable bonds is 6. The van der Waals surface area contributed by atoms with Crippen molar-refractivity contribution >= 4 is 17.9 Å². The summed E-state index contributed by atoms with van der Waals surface area (Å²) in [5, 5.41) is 22.1. The molecule has 0 aromatic heterocycles. The van der Waals surface area contributed by atoms with Crippen molar-refractivity contribution in [3.63, 3.8) is 0 Å². The largest absolute Gasteiger partial charge is 0.479 e. The van der Waals surface area contributed by atoms with E-state index in [1.807, 2.05) is 0 Å². The SMILES string of the molecule is CC(NC(=O)NCC[C@H](O)C(=O)O)C(=O)N(C)C. The summed E-state index contributed by atoms with van der Waals surface area (Å²) in [4.78, 5) is 34.4. The van der Waals surface area contributed by atoms with Gasteiger partial charge in [0.2, 0.25) is 5.91 Å². The lowest BCUT2D eigenvalue weighted by Crippen LogP contribution is -2.48. The van der Waals surface area contributed by atoms with Gasteiger partial charge in [-0.2, -0.15) is 0 Å². The van der Waals surface area contributed by atoms with E-state index >= 15 is 0 Å². The first-order valence-electron chi connectivity index (χ1n) is 5.42. The van der Waals surface area contributed by atoms with Gasteiger partial charge in [-0.05, 0) is 6.92 Å². The minimum atomic E-state index is -1.51. The first-order valence-corrected chi connectivity index (χ1v) is 5.42. The minimum Gasteiger partial charge on any atom is -0.479 e. The number of carbonyl (C=O) groups excluding carboxylic acids is 2. The summed E-state index contributed by atoms with van der Waals surface area (Å²) in [5.74, 6) is -1.59. The number of amides is 3. The van der Waals surface area contributed by atoms with Gasteiger partial charge in [-0.1, -0.05) is 0 Å². The van der Waals surface area contributed by atoms with Crippen molar-refractivity contribution < 1.29 is 24.6 Å². The number of aliphatic hydroxyl groups excluding tert-OH is 1. The number of urea groups is 1. The highest BCUT2D eigenvalue weighted by Gasteiger charge is 2.17. The van der Waals surface area contributed by atoms with Gasteiger partial charge >= 0.3 is 12.0 Å². The zero-order valence-corrected chi connectivity index (χ0v) is 10.6. The van der Waals surface area contributed by atoms with Crippen molar-refractivity contribution in [2.45, 2.75) is 25.5 Å². The van der Waals surface area contributed by atoms with E-state index < -0.39 is 24.1 Å². The second-order valence-corrected chi connectivity index (χ2v) is 4.00. The lowest BCUT2D eigenvalue weighted by Gasteiger charge is -2.18. The van der Waals surface area contributed by atoms with Crippen LogP contribution >= 0.6 is 0 Å². The highest BCUT2D eigenvalue weighted by molar-refractivity contribution is 5.86. The summed E-state index contributed by atoms with van der Waals surface area (Å²) in [6.45, 7) is 1.54. The van der Waals surface area contributed by atoms with Crippen LogP contribution in [0.4, 0.5) is 4.79 Å². The monoisotopic (exact) mass is 261 g/mol. The van der Waals surface area contributed by atoms with Crippen LogP contribution < -0.4 is 10.6 Å². The fourth-order valence-electron chi connectivity index (χ4n) is 1.14. The Bertz CT molecular complexity index is 319. The van der Waals surface area contributed by atoms with Crippen molar-refractivity contribution in [3.8, 4) is 0 Å². The fourth-order valence-corrected chi connectivity index (χ4v) is 1.14. The maximum atomic E-state index is 11.4. The molecule has 104 valence electrons. The zero-order valence-electron chi connectivity index (χ0n) is 10.6. The summed E-state index contributed by atoms with van der Waals surface area (Å²) < 4.78 is 0. The van der Waals surface area contributed by atoms with Gasteiger partial charge in [0, 0.05) is 27.1 Å². The van der Waals surface area contributed by atoms with E-state index in [-0.39, 0.29) is 18.9 Å². The Morgan fingerprint density at radius 1 is 1.28 bits per heavy atom. The molecular formula is C10H19N3O5. The smallest absolute Gasteiger partial charge is 0.332 e. The molecule has 2 atom stereocenters. The Morgan fingerprint density at radius 2 is 1.83 bits per heavy atom. The molecule has 0 aliphatic heterocycles. The van der Waals surface area contributed by atoms with E-state index in [9.17, 15) is 14.4 Å². The van der Waals surface area contributed by atoms with Crippen molar-refractivity contribution in [1.29, 1.82) is 0 Å². The van der Waals surface area contributed by atoms with Crippen LogP contribution in [0.25, 0.3) is 0 Å². The van der Waals surface area contributed by atoms with Gasteiger partial charge in [0.1, 0.15) is 6.04 Å². The number of aliphatic hydroxyl groups is 1. The molecule has 0 rings (SSSR count). The third-order valence-corrected chi connectivity index (χ3v) is 2.15. The molecule has 0 saturated heterocycles. The maximum absolute atomic E-state index is 11.4. The first kappa shape index (κ1) is 16.2. The van der Waals surface area contributed by atoms with E-state index in [0.29, 0.717) is 0 Å². The van der Waals surface area contributed by atoms with Crippen molar-refractivity contribution in [2.24, 2.45) is 0 Å².